The van der Waals surface area contributed by atoms with Crippen LogP contribution in [-0.4, -0.2) is 17.1 Å². The Balaban J connectivity index is 3.16. The maximum absolute atomic E-state index is 10.5. The van der Waals surface area contributed by atoms with Crippen molar-refractivity contribution in [1.82, 2.24) is 0 Å². The number of aliphatic hydroxyl groups is 1. The molecule has 3 heteroatoms. The van der Waals surface area contributed by atoms with Gasteiger partial charge in [-0.05, 0) is 12.8 Å². The lowest BCUT2D eigenvalue weighted by molar-refractivity contribution is -0.118. The minimum absolute atomic E-state index is 0.303. The Morgan fingerprint density at radius 2 is 1.73 bits per heavy atom. The maximum atomic E-state index is 10.5. The predicted octanol–water partition coefficient (Wildman–Crippen LogP) is 2.36. The van der Waals surface area contributed by atoms with Gasteiger partial charge in [-0.15, -0.1) is 0 Å². The van der Waals surface area contributed by atoms with Crippen LogP contribution in [0, 0.1) is 0 Å². The zero-order valence-electron chi connectivity index (χ0n) is 9.87. The molecule has 0 saturated heterocycles. The summed E-state index contributed by atoms with van der Waals surface area (Å²) >= 11 is 0. The van der Waals surface area contributed by atoms with Crippen LogP contribution in [0.15, 0.2) is 0 Å². The summed E-state index contributed by atoms with van der Waals surface area (Å²) in [6, 6.07) is 0. The highest BCUT2D eigenvalue weighted by Gasteiger charge is 2.05. The van der Waals surface area contributed by atoms with Crippen LogP contribution in [0.1, 0.15) is 64.7 Å². The number of unbranched alkanes of at least 4 members (excludes halogenated alkanes) is 5. The first-order valence-corrected chi connectivity index (χ1v) is 6.13. The summed E-state index contributed by atoms with van der Waals surface area (Å²) in [5, 5.41) is 9.49. The minimum atomic E-state index is -0.344. The number of hydrogen-bond acceptors (Lipinski definition) is 2. The van der Waals surface area contributed by atoms with Crippen molar-refractivity contribution in [3.63, 3.8) is 0 Å². The molecule has 15 heavy (non-hydrogen) atoms. The van der Waals surface area contributed by atoms with E-state index in [-0.39, 0.29) is 12.0 Å². The van der Waals surface area contributed by atoms with E-state index in [1.807, 2.05) is 0 Å². The maximum Gasteiger partial charge on any atom is 0.217 e. The van der Waals surface area contributed by atoms with Gasteiger partial charge in [-0.3, -0.25) is 4.79 Å². The number of rotatable bonds is 10. The molecule has 0 aromatic rings. The third-order valence-electron chi connectivity index (χ3n) is 2.61. The SMILES string of the molecule is CCCCCCCC[C@H](O)CCC(N)=O. The van der Waals surface area contributed by atoms with Gasteiger partial charge in [0.25, 0.3) is 0 Å². The van der Waals surface area contributed by atoms with E-state index in [1.54, 1.807) is 0 Å². The smallest absolute Gasteiger partial charge is 0.217 e. The standard InChI is InChI=1S/C12H25NO2/c1-2-3-4-5-6-7-8-11(14)9-10-12(13)15/h11,14H,2-10H2,1H3,(H2,13,15)/t11-/m0/s1. The highest BCUT2D eigenvalue weighted by molar-refractivity contribution is 5.73. The summed E-state index contributed by atoms with van der Waals surface area (Å²) in [5.41, 5.74) is 5.00. The molecule has 3 N–H and O–H groups in total. The molecule has 0 unspecified atom stereocenters. The second-order valence-corrected chi connectivity index (χ2v) is 4.22. The summed E-state index contributed by atoms with van der Waals surface area (Å²) in [6.07, 6.45) is 8.66. The van der Waals surface area contributed by atoms with Gasteiger partial charge in [-0.1, -0.05) is 45.4 Å². The summed E-state index contributed by atoms with van der Waals surface area (Å²) in [7, 11) is 0. The summed E-state index contributed by atoms with van der Waals surface area (Å²) in [6.45, 7) is 2.20. The molecule has 0 saturated carbocycles. The summed E-state index contributed by atoms with van der Waals surface area (Å²) < 4.78 is 0. The largest absolute Gasteiger partial charge is 0.393 e. The Morgan fingerprint density at radius 3 is 2.33 bits per heavy atom. The molecule has 0 aliphatic heterocycles. The zero-order valence-corrected chi connectivity index (χ0v) is 9.87. The van der Waals surface area contributed by atoms with Crippen LogP contribution < -0.4 is 5.73 Å². The van der Waals surface area contributed by atoms with Crippen molar-refractivity contribution < 1.29 is 9.90 Å². The molecule has 90 valence electrons. The van der Waals surface area contributed by atoms with Crippen LogP contribution in [0.5, 0.6) is 0 Å². The van der Waals surface area contributed by atoms with Gasteiger partial charge in [0.05, 0.1) is 6.10 Å². The van der Waals surface area contributed by atoms with Gasteiger partial charge in [0.1, 0.15) is 0 Å². The number of aliphatic hydroxyl groups excluding tert-OH is 1. The Morgan fingerprint density at radius 1 is 1.13 bits per heavy atom. The summed E-state index contributed by atoms with van der Waals surface area (Å²) in [4.78, 5) is 10.5. The molecule has 0 aromatic heterocycles. The predicted molar refractivity (Wildman–Crippen MR) is 62.4 cm³/mol. The van der Waals surface area contributed by atoms with Crippen LogP contribution in [-0.2, 0) is 4.79 Å². The number of carbonyl (C=O) groups excluding carboxylic acids is 1. The molecule has 0 aliphatic rings. The Labute approximate surface area is 93.0 Å². The van der Waals surface area contributed by atoms with E-state index in [4.69, 9.17) is 5.73 Å². The van der Waals surface area contributed by atoms with Gasteiger partial charge in [0, 0.05) is 6.42 Å². The third kappa shape index (κ3) is 11.4. The number of nitrogens with two attached hydrogens (primary N) is 1. The molecule has 1 atom stereocenters. The van der Waals surface area contributed by atoms with E-state index in [0.29, 0.717) is 12.8 Å². The van der Waals surface area contributed by atoms with E-state index in [2.05, 4.69) is 6.92 Å². The van der Waals surface area contributed by atoms with E-state index in [9.17, 15) is 9.90 Å². The lowest BCUT2D eigenvalue weighted by Gasteiger charge is -2.08. The molecular formula is C12H25NO2. The van der Waals surface area contributed by atoms with Crippen LogP contribution in [0.2, 0.25) is 0 Å². The van der Waals surface area contributed by atoms with E-state index in [0.717, 1.165) is 12.8 Å². The molecule has 0 heterocycles. The van der Waals surface area contributed by atoms with Gasteiger partial charge in [0.15, 0.2) is 0 Å². The number of hydrogen-bond donors (Lipinski definition) is 2. The van der Waals surface area contributed by atoms with Crippen molar-refractivity contribution in [2.45, 2.75) is 70.8 Å². The van der Waals surface area contributed by atoms with Crippen molar-refractivity contribution in [3.05, 3.63) is 0 Å². The lowest BCUT2D eigenvalue weighted by atomic mass is 10.0. The molecule has 0 aliphatic carbocycles. The molecule has 0 spiro atoms. The number of carbonyl (C=O) groups is 1. The fourth-order valence-corrected chi connectivity index (χ4v) is 1.61. The average molecular weight is 215 g/mol. The molecule has 0 rings (SSSR count). The highest BCUT2D eigenvalue weighted by Crippen LogP contribution is 2.10. The Bertz CT molecular complexity index is 160. The molecule has 1 amide bonds. The molecule has 0 fully saturated rings. The van der Waals surface area contributed by atoms with Crippen molar-refractivity contribution >= 4 is 5.91 Å². The van der Waals surface area contributed by atoms with Gasteiger partial charge < -0.3 is 10.8 Å². The van der Waals surface area contributed by atoms with Crippen molar-refractivity contribution in [2.75, 3.05) is 0 Å². The molecule has 3 nitrogen and oxygen atoms in total. The van der Waals surface area contributed by atoms with Crippen molar-refractivity contribution in [1.29, 1.82) is 0 Å². The second kappa shape index (κ2) is 9.97. The van der Waals surface area contributed by atoms with Crippen LogP contribution in [0.3, 0.4) is 0 Å². The first kappa shape index (κ1) is 14.4. The molecular weight excluding hydrogens is 190 g/mol. The summed E-state index contributed by atoms with van der Waals surface area (Å²) in [5.74, 6) is -0.322. The highest BCUT2D eigenvalue weighted by atomic mass is 16.3. The topological polar surface area (TPSA) is 63.3 Å². The monoisotopic (exact) mass is 215 g/mol. The zero-order chi connectivity index (χ0) is 11.5. The molecule has 0 bridgehead atoms. The lowest BCUT2D eigenvalue weighted by Crippen LogP contribution is -2.15. The normalized spacial score (nSPS) is 12.7. The fraction of sp³-hybridized carbons (Fsp3) is 0.917. The van der Waals surface area contributed by atoms with Gasteiger partial charge >= 0.3 is 0 Å². The number of amides is 1. The second-order valence-electron chi connectivity index (χ2n) is 4.22. The average Bonchev–Trinajstić information content (AvgIpc) is 2.20. The minimum Gasteiger partial charge on any atom is -0.393 e. The van der Waals surface area contributed by atoms with Gasteiger partial charge in [0.2, 0.25) is 5.91 Å². The molecule has 0 aromatic carbocycles. The van der Waals surface area contributed by atoms with E-state index in [1.165, 1.54) is 32.1 Å². The Kier molecular flexibility index (Phi) is 9.59. The first-order valence-electron chi connectivity index (χ1n) is 6.13. The van der Waals surface area contributed by atoms with Crippen LogP contribution in [0.25, 0.3) is 0 Å². The van der Waals surface area contributed by atoms with E-state index < -0.39 is 0 Å². The van der Waals surface area contributed by atoms with Crippen LogP contribution >= 0.6 is 0 Å². The fourth-order valence-electron chi connectivity index (χ4n) is 1.61. The quantitative estimate of drug-likeness (QED) is 0.549. The van der Waals surface area contributed by atoms with Gasteiger partial charge in [-0.25, -0.2) is 0 Å². The molecule has 0 radical (unpaired) electrons. The van der Waals surface area contributed by atoms with Crippen molar-refractivity contribution in [3.8, 4) is 0 Å². The van der Waals surface area contributed by atoms with Crippen molar-refractivity contribution in [2.24, 2.45) is 5.73 Å². The van der Waals surface area contributed by atoms with Gasteiger partial charge in [-0.2, -0.15) is 0 Å². The van der Waals surface area contributed by atoms with Crippen LogP contribution in [0.4, 0.5) is 0 Å². The third-order valence-corrected chi connectivity index (χ3v) is 2.61. The Hall–Kier alpha value is -0.570. The first-order chi connectivity index (χ1) is 7.16. The van der Waals surface area contributed by atoms with E-state index >= 15 is 0 Å². The number of primary amides is 1.